The van der Waals surface area contributed by atoms with Crippen LogP contribution in [0.5, 0.6) is 0 Å². The van der Waals surface area contributed by atoms with Crippen LogP contribution in [-0.4, -0.2) is 30.1 Å². The van der Waals surface area contributed by atoms with Gasteiger partial charge in [-0.05, 0) is 24.0 Å². The van der Waals surface area contributed by atoms with E-state index < -0.39 is 0 Å². The van der Waals surface area contributed by atoms with Crippen LogP contribution >= 0.6 is 0 Å². The van der Waals surface area contributed by atoms with Crippen molar-refractivity contribution in [2.75, 3.05) is 13.2 Å². The number of ether oxygens (including phenoxy) is 1. The summed E-state index contributed by atoms with van der Waals surface area (Å²) in [6, 6.07) is 5.20. The molecule has 0 unspecified atom stereocenters. The van der Waals surface area contributed by atoms with Crippen LogP contribution in [0.1, 0.15) is 43.4 Å². The number of carbonyl (C=O) groups excluding carboxylic acids is 1. The molecule has 0 aromatic carbocycles. The molecule has 0 spiro atoms. The smallest absolute Gasteiger partial charge is 0.267 e. The van der Waals surface area contributed by atoms with Gasteiger partial charge >= 0.3 is 0 Å². The molecule has 0 aliphatic carbocycles. The van der Waals surface area contributed by atoms with E-state index in [-0.39, 0.29) is 17.4 Å². The normalized spacial score (nSPS) is 22.5. The van der Waals surface area contributed by atoms with Crippen LogP contribution in [0.15, 0.2) is 12.1 Å². The van der Waals surface area contributed by atoms with Gasteiger partial charge in [0.15, 0.2) is 0 Å². The van der Waals surface area contributed by atoms with Crippen LogP contribution in [0.3, 0.4) is 0 Å². The van der Waals surface area contributed by atoms with Crippen LogP contribution in [0.2, 0.25) is 0 Å². The number of rotatable bonds is 3. The second-order valence-corrected chi connectivity index (χ2v) is 6.31. The number of aromatic amines is 1. The Hall–Kier alpha value is -1.80. The maximum atomic E-state index is 12.0. The molecule has 0 saturated carbocycles. The Balaban J connectivity index is 1.92. The van der Waals surface area contributed by atoms with Crippen molar-refractivity contribution in [3.05, 3.63) is 23.5 Å². The number of nitrogens with one attached hydrogen (secondary N) is 2. The molecular weight excluding hydrogens is 254 g/mol. The number of hydrogen-bond acceptors (Lipinski definition) is 3. The molecule has 1 aromatic rings. The minimum absolute atomic E-state index is 0.0757. The fraction of sp³-hybridized carbons (Fsp3) is 0.600. The molecule has 0 bridgehead atoms. The van der Waals surface area contributed by atoms with Gasteiger partial charge in [-0.15, -0.1) is 0 Å². The Bertz CT molecular complexity index is 522. The van der Waals surface area contributed by atoms with E-state index in [0.717, 1.165) is 13.0 Å². The second-order valence-electron chi connectivity index (χ2n) is 6.31. The zero-order chi connectivity index (χ0) is 14.8. The third-order valence-corrected chi connectivity index (χ3v) is 3.64. The average Bonchev–Trinajstić information content (AvgIpc) is 3.03. The van der Waals surface area contributed by atoms with Gasteiger partial charge in [0.05, 0.1) is 6.10 Å². The highest BCUT2D eigenvalue weighted by Crippen LogP contribution is 2.34. The molecule has 1 aromatic heterocycles. The maximum absolute atomic E-state index is 12.0. The molecule has 2 atom stereocenters. The second kappa shape index (κ2) is 5.68. The van der Waals surface area contributed by atoms with Gasteiger partial charge in [-0.25, -0.2) is 0 Å². The summed E-state index contributed by atoms with van der Waals surface area (Å²) >= 11 is 0. The molecule has 1 amide bonds. The van der Waals surface area contributed by atoms with Gasteiger partial charge in [-0.3, -0.25) is 4.79 Å². The Labute approximate surface area is 119 Å². The summed E-state index contributed by atoms with van der Waals surface area (Å²) in [7, 11) is 0. The molecule has 2 N–H and O–H groups in total. The molecule has 2 heterocycles. The molecule has 20 heavy (non-hydrogen) atoms. The quantitative estimate of drug-likeness (QED) is 0.886. The van der Waals surface area contributed by atoms with E-state index >= 15 is 0 Å². The van der Waals surface area contributed by atoms with Crippen LogP contribution < -0.4 is 5.32 Å². The van der Waals surface area contributed by atoms with E-state index in [9.17, 15) is 4.79 Å². The fourth-order valence-electron chi connectivity index (χ4n) is 2.71. The lowest BCUT2D eigenvalue weighted by Gasteiger charge is -2.31. The molecule has 5 heteroatoms. The number of aromatic nitrogens is 1. The first-order valence-corrected chi connectivity index (χ1v) is 6.90. The minimum atomic E-state index is -0.175. The Morgan fingerprint density at radius 3 is 2.90 bits per heavy atom. The molecule has 1 saturated heterocycles. The first-order valence-electron chi connectivity index (χ1n) is 6.90. The summed E-state index contributed by atoms with van der Waals surface area (Å²) in [6.07, 6.45) is 1.14. The minimum Gasteiger partial charge on any atom is -0.377 e. The lowest BCUT2D eigenvalue weighted by atomic mass is 9.81. The van der Waals surface area contributed by atoms with E-state index in [1.165, 1.54) is 0 Å². The number of hydrogen-bond donors (Lipinski definition) is 2. The monoisotopic (exact) mass is 275 g/mol. The summed E-state index contributed by atoms with van der Waals surface area (Å²) < 4.78 is 5.79. The van der Waals surface area contributed by atoms with E-state index in [4.69, 9.17) is 10.00 Å². The molecule has 1 aliphatic heterocycles. The number of H-pyrrole nitrogens is 1. The van der Waals surface area contributed by atoms with Crippen molar-refractivity contribution >= 4 is 5.91 Å². The van der Waals surface area contributed by atoms with E-state index in [2.05, 4.69) is 31.1 Å². The summed E-state index contributed by atoms with van der Waals surface area (Å²) in [5.74, 6) is 0.162. The van der Waals surface area contributed by atoms with Crippen LogP contribution in [0, 0.1) is 22.7 Å². The Morgan fingerprint density at radius 2 is 2.30 bits per heavy atom. The van der Waals surface area contributed by atoms with Crippen molar-refractivity contribution in [3.8, 4) is 6.07 Å². The number of carbonyl (C=O) groups is 1. The van der Waals surface area contributed by atoms with Crippen molar-refractivity contribution in [2.24, 2.45) is 11.3 Å². The van der Waals surface area contributed by atoms with Crippen molar-refractivity contribution < 1.29 is 9.53 Å². The van der Waals surface area contributed by atoms with Gasteiger partial charge in [0, 0.05) is 19.1 Å². The third kappa shape index (κ3) is 3.20. The number of amides is 1. The number of nitrogens with zero attached hydrogens (tertiary/aromatic N) is 1. The fourth-order valence-corrected chi connectivity index (χ4v) is 2.71. The average molecular weight is 275 g/mol. The molecule has 1 fully saturated rings. The zero-order valence-corrected chi connectivity index (χ0v) is 12.2. The van der Waals surface area contributed by atoms with Gasteiger partial charge in [-0.2, -0.15) is 5.26 Å². The highest BCUT2D eigenvalue weighted by Gasteiger charge is 2.37. The molecule has 1 aliphatic rings. The van der Waals surface area contributed by atoms with Crippen molar-refractivity contribution in [1.29, 1.82) is 5.26 Å². The molecule has 108 valence electrons. The van der Waals surface area contributed by atoms with Gasteiger partial charge < -0.3 is 15.0 Å². The maximum Gasteiger partial charge on any atom is 0.267 e. The standard InChI is InChI=1S/C15H21N3O2/c1-15(2,3)13-10(6-7-20-13)9-17-14(19)12-5-4-11(8-16)18-12/h4-5,10,13,18H,6-7,9H2,1-3H3,(H,17,19)/t10-,13+/m1/s1. The first-order chi connectivity index (χ1) is 9.41. The third-order valence-electron chi connectivity index (χ3n) is 3.64. The summed E-state index contributed by atoms with van der Waals surface area (Å²) in [5.41, 5.74) is 0.895. The van der Waals surface area contributed by atoms with E-state index in [0.29, 0.717) is 23.9 Å². The topological polar surface area (TPSA) is 77.9 Å². The summed E-state index contributed by atoms with van der Waals surface area (Å²) in [5, 5.41) is 11.7. The van der Waals surface area contributed by atoms with Crippen LogP contribution in [0.4, 0.5) is 0 Å². The molecule has 5 nitrogen and oxygen atoms in total. The predicted molar refractivity (Wildman–Crippen MR) is 75.1 cm³/mol. The van der Waals surface area contributed by atoms with Crippen molar-refractivity contribution in [3.63, 3.8) is 0 Å². The van der Waals surface area contributed by atoms with Crippen molar-refractivity contribution in [2.45, 2.75) is 33.3 Å². The highest BCUT2D eigenvalue weighted by atomic mass is 16.5. The molecular formula is C15H21N3O2. The Kier molecular flexibility index (Phi) is 4.15. The lowest BCUT2D eigenvalue weighted by Crippen LogP contribution is -2.38. The predicted octanol–water partition coefficient (Wildman–Crippen LogP) is 2.07. The summed E-state index contributed by atoms with van der Waals surface area (Å²) in [6.45, 7) is 7.82. The van der Waals surface area contributed by atoms with Gasteiger partial charge in [0.2, 0.25) is 0 Å². The van der Waals surface area contributed by atoms with Gasteiger partial charge in [0.1, 0.15) is 17.5 Å². The SMILES string of the molecule is CC(C)(C)[C@H]1OCC[C@@H]1CNC(=O)c1ccc(C#N)[nH]1. The first kappa shape index (κ1) is 14.6. The largest absolute Gasteiger partial charge is 0.377 e. The van der Waals surface area contributed by atoms with Crippen LogP contribution in [0.25, 0.3) is 0 Å². The summed E-state index contributed by atoms with van der Waals surface area (Å²) in [4.78, 5) is 14.8. The van der Waals surface area contributed by atoms with Gasteiger partial charge in [0.25, 0.3) is 5.91 Å². The van der Waals surface area contributed by atoms with E-state index in [1.807, 2.05) is 6.07 Å². The molecule has 2 rings (SSSR count). The van der Waals surface area contributed by atoms with Crippen molar-refractivity contribution in [1.82, 2.24) is 10.3 Å². The zero-order valence-electron chi connectivity index (χ0n) is 12.2. The Morgan fingerprint density at radius 1 is 1.55 bits per heavy atom. The van der Waals surface area contributed by atoms with Gasteiger partial charge in [-0.1, -0.05) is 20.8 Å². The van der Waals surface area contributed by atoms with Crippen LogP contribution in [-0.2, 0) is 4.74 Å². The lowest BCUT2D eigenvalue weighted by molar-refractivity contribution is 0.00736. The van der Waals surface area contributed by atoms with E-state index in [1.54, 1.807) is 12.1 Å². The molecule has 0 radical (unpaired) electrons. The highest BCUT2D eigenvalue weighted by molar-refractivity contribution is 5.92. The number of nitriles is 1.